The van der Waals surface area contributed by atoms with Crippen LogP contribution >= 0.6 is 11.8 Å². The van der Waals surface area contributed by atoms with Gasteiger partial charge in [-0.2, -0.15) is 13.2 Å². The lowest BCUT2D eigenvalue weighted by Gasteiger charge is -2.39. The van der Waals surface area contributed by atoms with E-state index in [4.69, 9.17) is 19.4 Å². The number of methoxy groups -OCH3 is 2. The topological polar surface area (TPSA) is 143 Å². The molecule has 1 aromatic carbocycles. The van der Waals surface area contributed by atoms with E-state index in [1.54, 1.807) is 19.1 Å². The van der Waals surface area contributed by atoms with Gasteiger partial charge in [-0.3, -0.25) is 19.5 Å². The quantitative estimate of drug-likeness (QED) is 0.389. The van der Waals surface area contributed by atoms with Crippen LogP contribution in [0, 0.1) is 11.8 Å². The highest BCUT2D eigenvalue weighted by molar-refractivity contribution is 8.13. The Kier molecular flexibility index (Phi) is 9.17. The maximum absolute atomic E-state index is 13.2. The Labute approximate surface area is 231 Å². The molecule has 3 heterocycles. The lowest BCUT2D eigenvalue weighted by atomic mass is 9.78. The normalized spacial score (nSPS) is 25.1. The highest BCUT2D eigenvalue weighted by Gasteiger charge is 2.73. The third-order valence-electron chi connectivity index (χ3n) is 7.13. The van der Waals surface area contributed by atoms with Crippen molar-refractivity contribution in [2.75, 3.05) is 27.3 Å². The van der Waals surface area contributed by atoms with E-state index in [1.165, 1.54) is 30.9 Å². The molecule has 2 fully saturated rings. The van der Waals surface area contributed by atoms with E-state index in [-0.39, 0.29) is 24.4 Å². The molecule has 0 aliphatic carbocycles. The molecule has 15 heteroatoms. The Bertz CT molecular complexity index is 1220. The Hall–Kier alpha value is -3.62. The second-order valence-electron chi connectivity index (χ2n) is 9.03. The molecule has 3 aliphatic rings. The van der Waals surface area contributed by atoms with Crippen molar-refractivity contribution in [2.45, 2.75) is 43.8 Å². The Balaban J connectivity index is 0.000000559. The maximum Gasteiger partial charge on any atom is 0.490 e. The number of imide groups is 1. The molecule has 11 nitrogen and oxygen atoms in total. The smallest absolute Gasteiger partial charge is 0.475 e. The van der Waals surface area contributed by atoms with Gasteiger partial charge in [-0.25, -0.2) is 14.4 Å². The number of benzene rings is 1. The summed E-state index contributed by atoms with van der Waals surface area (Å²) in [5, 5.41) is 7.75. The number of aliphatic carboxylic acids is 1. The van der Waals surface area contributed by atoms with Crippen molar-refractivity contribution >= 4 is 46.7 Å². The van der Waals surface area contributed by atoms with Gasteiger partial charge >= 0.3 is 24.1 Å². The second kappa shape index (κ2) is 11.9. The number of aliphatic imine (C=N–C) groups is 1. The van der Waals surface area contributed by atoms with Gasteiger partial charge in [-0.15, -0.1) is 0 Å². The number of hydrogen-bond donors (Lipinski definition) is 1. The molecule has 2 saturated heterocycles. The first-order chi connectivity index (χ1) is 18.8. The van der Waals surface area contributed by atoms with Crippen LogP contribution in [0.4, 0.5) is 13.2 Å². The first-order valence-electron chi connectivity index (χ1n) is 12.2. The Morgan fingerprint density at radius 1 is 1.10 bits per heavy atom. The number of ether oxygens (including phenoxy) is 2. The van der Waals surface area contributed by atoms with Crippen molar-refractivity contribution in [1.82, 2.24) is 9.80 Å². The zero-order valence-electron chi connectivity index (χ0n) is 22.1. The van der Waals surface area contributed by atoms with E-state index < -0.39 is 41.5 Å². The number of amides is 2. The summed E-state index contributed by atoms with van der Waals surface area (Å²) in [7, 11) is 2.65. The van der Waals surface area contributed by atoms with Gasteiger partial charge in [0.15, 0.2) is 10.7 Å². The highest BCUT2D eigenvalue weighted by Crippen LogP contribution is 2.53. The molecule has 4 rings (SSSR count). The zero-order chi connectivity index (χ0) is 30.0. The number of amidine groups is 1. The third kappa shape index (κ3) is 5.25. The average molecular weight is 588 g/mol. The summed E-state index contributed by atoms with van der Waals surface area (Å²) in [6.07, 6.45) is -4.76. The van der Waals surface area contributed by atoms with Gasteiger partial charge in [-0.05, 0) is 31.0 Å². The Morgan fingerprint density at radius 3 is 2.17 bits per heavy atom. The number of carboxylic acids is 1. The van der Waals surface area contributed by atoms with Crippen molar-refractivity contribution in [3.05, 3.63) is 35.4 Å². The molecular weight excluding hydrogens is 559 g/mol. The number of carbonyl (C=O) groups is 5. The fourth-order valence-corrected chi connectivity index (χ4v) is 6.46. The summed E-state index contributed by atoms with van der Waals surface area (Å²) in [5.74, 6) is -5.06. The minimum Gasteiger partial charge on any atom is -0.475 e. The number of thioether (sulfide) groups is 1. The SMILES string of the molecule is CCN1C(=O)[C@H]2[C@H]3CN=C(SCc4ccc(C(=O)OC)cc4)N3[C@@](CC)(C(=O)OC)[C@H]2C1=O.O=C(O)C(F)(F)F. The molecule has 218 valence electrons. The average Bonchev–Trinajstić information content (AvgIpc) is 3.55. The molecule has 2 amide bonds. The lowest BCUT2D eigenvalue weighted by Crippen LogP contribution is -2.59. The van der Waals surface area contributed by atoms with Crippen LogP contribution < -0.4 is 0 Å². The molecule has 0 spiro atoms. The molecule has 3 aliphatic heterocycles. The van der Waals surface area contributed by atoms with Crippen LogP contribution in [0.2, 0.25) is 0 Å². The summed E-state index contributed by atoms with van der Waals surface area (Å²) in [5.41, 5.74) is 0.158. The van der Waals surface area contributed by atoms with Gasteiger partial charge in [0.05, 0.1) is 44.2 Å². The van der Waals surface area contributed by atoms with E-state index >= 15 is 0 Å². The first kappa shape index (κ1) is 30.9. The van der Waals surface area contributed by atoms with E-state index in [2.05, 4.69) is 4.99 Å². The summed E-state index contributed by atoms with van der Waals surface area (Å²) < 4.78 is 41.6. The van der Waals surface area contributed by atoms with Crippen LogP contribution in [0.25, 0.3) is 0 Å². The maximum atomic E-state index is 13.2. The molecule has 1 N–H and O–H groups in total. The first-order valence-corrected chi connectivity index (χ1v) is 13.2. The van der Waals surface area contributed by atoms with Crippen molar-refractivity contribution in [3.63, 3.8) is 0 Å². The lowest BCUT2D eigenvalue weighted by molar-refractivity contribution is -0.192. The molecule has 0 bridgehead atoms. The standard InChI is InChI=1S/C23H27N3O6S.C2HF3O2/c1-5-23(21(30)32-4)17-16(18(27)25(6-2)19(17)28)15-11-24-22(26(15)23)33-12-13-7-9-14(10-8-13)20(29)31-3;3-2(4,5)1(6)7/h7-10,15-17H,5-6,11-12H2,1-4H3;(H,6,7)/t15-,16+,17-,23-;/m1./s1. The van der Waals surface area contributed by atoms with Crippen LogP contribution in [-0.2, 0) is 34.4 Å². The van der Waals surface area contributed by atoms with Gasteiger partial charge < -0.3 is 19.5 Å². The number of esters is 2. The number of halogens is 3. The number of nitrogens with zero attached hydrogens (tertiary/aromatic N) is 3. The summed E-state index contributed by atoms with van der Waals surface area (Å²) >= 11 is 1.44. The fourth-order valence-electron chi connectivity index (χ4n) is 5.37. The predicted molar refractivity (Wildman–Crippen MR) is 135 cm³/mol. The second-order valence-corrected chi connectivity index (χ2v) is 9.98. The summed E-state index contributed by atoms with van der Waals surface area (Å²) in [6, 6.07) is 6.71. The Morgan fingerprint density at radius 2 is 1.70 bits per heavy atom. The summed E-state index contributed by atoms with van der Waals surface area (Å²) in [6.45, 7) is 4.23. The summed E-state index contributed by atoms with van der Waals surface area (Å²) in [4.78, 5) is 67.9. The van der Waals surface area contributed by atoms with Crippen molar-refractivity contribution in [3.8, 4) is 0 Å². The van der Waals surface area contributed by atoms with E-state index in [9.17, 15) is 32.3 Å². The molecular formula is C25H28F3N3O8S. The van der Waals surface area contributed by atoms with Crippen molar-refractivity contribution < 1.29 is 51.7 Å². The van der Waals surface area contributed by atoms with E-state index in [1.807, 2.05) is 24.0 Å². The number of hydrogen-bond acceptors (Lipinski definition) is 10. The predicted octanol–water partition coefficient (Wildman–Crippen LogP) is 2.34. The van der Waals surface area contributed by atoms with Gasteiger partial charge in [0.2, 0.25) is 11.8 Å². The number of likely N-dealkylation sites (tertiary alicyclic amines) is 1. The molecule has 0 unspecified atom stereocenters. The van der Waals surface area contributed by atoms with Gasteiger partial charge in [0.1, 0.15) is 0 Å². The van der Waals surface area contributed by atoms with E-state index in [0.29, 0.717) is 29.4 Å². The number of rotatable bonds is 6. The molecule has 0 saturated carbocycles. The van der Waals surface area contributed by atoms with E-state index in [0.717, 1.165) is 5.56 Å². The van der Waals surface area contributed by atoms with Gasteiger partial charge in [0.25, 0.3) is 0 Å². The van der Waals surface area contributed by atoms with Crippen LogP contribution in [0.1, 0.15) is 36.2 Å². The molecule has 0 radical (unpaired) electrons. The van der Waals surface area contributed by atoms with Gasteiger partial charge in [-0.1, -0.05) is 30.8 Å². The molecule has 0 aromatic heterocycles. The van der Waals surface area contributed by atoms with Crippen LogP contribution in [0.15, 0.2) is 29.3 Å². The number of carbonyl (C=O) groups excluding carboxylic acids is 4. The van der Waals surface area contributed by atoms with Crippen LogP contribution in [0.5, 0.6) is 0 Å². The third-order valence-corrected chi connectivity index (χ3v) is 8.19. The van der Waals surface area contributed by atoms with Crippen molar-refractivity contribution in [1.29, 1.82) is 0 Å². The van der Waals surface area contributed by atoms with Crippen molar-refractivity contribution in [2.24, 2.45) is 16.8 Å². The minimum atomic E-state index is -5.08. The van der Waals surface area contributed by atoms with Crippen LogP contribution in [-0.4, -0.2) is 94.9 Å². The number of fused-ring (bicyclic) bond motifs is 3. The zero-order valence-corrected chi connectivity index (χ0v) is 22.9. The largest absolute Gasteiger partial charge is 0.490 e. The number of carboxylic acid groups (broad SMARTS) is 1. The monoisotopic (exact) mass is 587 g/mol. The van der Waals surface area contributed by atoms with Crippen LogP contribution in [0.3, 0.4) is 0 Å². The fraction of sp³-hybridized carbons (Fsp3) is 0.520. The van der Waals surface area contributed by atoms with Gasteiger partial charge in [0, 0.05) is 12.3 Å². The minimum absolute atomic E-state index is 0.235. The number of alkyl halides is 3. The molecule has 1 aromatic rings. The molecule has 40 heavy (non-hydrogen) atoms. The molecule has 4 atom stereocenters. The highest BCUT2D eigenvalue weighted by atomic mass is 32.2.